The standard InChI is InChI=1S/C30H39FN4O5/c1-5-34(40)27(38)17-25(37)16-24(36)13-14-26-28(19(2)3)29(33-35(26)23-11-9-22(31)10-12-23)30(39)32-18-21-8-6-7-20(4)15-21/h6-12,15,19,24-25,34,36-37H,5,13-14,16-18H2,1-4H3,(H,32,39)/t24-,25-/m1/s1. The van der Waals surface area contributed by atoms with Crippen molar-refractivity contribution in [2.75, 3.05) is 6.54 Å². The number of aryl methyl sites for hydroxylation is 1. The summed E-state index contributed by atoms with van der Waals surface area (Å²) in [5, 5.41) is 39.5. The minimum Gasteiger partial charge on any atom is -0.627 e. The zero-order chi connectivity index (χ0) is 29.4. The fourth-order valence-corrected chi connectivity index (χ4v) is 4.71. The van der Waals surface area contributed by atoms with Crippen molar-refractivity contribution >= 4 is 11.8 Å². The molecular weight excluding hydrogens is 515 g/mol. The summed E-state index contributed by atoms with van der Waals surface area (Å²) in [4.78, 5) is 25.2. The number of aromatic nitrogens is 2. The van der Waals surface area contributed by atoms with Gasteiger partial charge in [0.25, 0.3) is 5.91 Å². The molecule has 3 rings (SSSR count). The SMILES string of the molecule is CC[NH+]([O-])C(=O)C[C@H](O)C[C@H](O)CCc1c(C(C)C)c(C(=O)NCc2cccc(C)c2)nn1-c1ccc(F)cc1. The fourth-order valence-electron chi connectivity index (χ4n) is 4.71. The molecule has 3 atom stereocenters. The molecule has 2 aromatic carbocycles. The second-order valence-corrected chi connectivity index (χ2v) is 10.4. The number of benzene rings is 2. The summed E-state index contributed by atoms with van der Waals surface area (Å²) < 4.78 is 15.3. The van der Waals surface area contributed by atoms with Gasteiger partial charge in [-0.05, 0) is 68.9 Å². The number of carbonyl (C=O) groups excluding carboxylic acids is 2. The summed E-state index contributed by atoms with van der Waals surface area (Å²) in [5.41, 5.74) is 4.26. The first kappa shape index (κ1) is 31.1. The molecule has 1 unspecified atom stereocenters. The summed E-state index contributed by atoms with van der Waals surface area (Å²) >= 11 is 0. The van der Waals surface area contributed by atoms with Gasteiger partial charge in [-0.1, -0.05) is 43.7 Å². The van der Waals surface area contributed by atoms with E-state index in [2.05, 4.69) is 10.4 Å². The molecule has 40 heavy (non-hydrogen) atoms. The van der Waals surface area contributed by atoms with Crippen molar-refractivity contribution < 1.29 is 29.3 Å². The van der Waals surface area contributed by atoms with Crippen LogP contribution in [0.4, 0.5) is 4.39 Å². The summed E-state index contributed by atoms with van der Waals surface area (Å²) in [6.07, 6.45) is -2.00. The Kier molecular flexibility index (Phi) is 11.1. The molecular formula is C30H39FN4O5. The van der Waals surface area contributed by atoms with Gasteiger partial charge in [0.1, 0.15) is 5.82 Å². The van der Waals surface area contributed by atoms with Gasteiger partial charge in [-0.2, -0.15) is 5.10 Å². The molecule has 0 saturated heterocycles. The molecule has 0 bridgehead atoms. The van der Waals surface area contributed by atoms with E-state index in [1.807, 2.05) is 45.0 Å². The molecule has 0 aliphatic carbocycles. The van der Waals surface area contributed by atoms with Crippen molar-refractivity contribution in [3.05, 3.63) is 87.6 Å². The van der Waals surface area contributed by atoms with Gasteiger partial charge in [-0.25, -0.2) is 13.9 Å². The predicted octanol–water partition coefficient (Wildman–Crippen LogP) is 2.74. The first-order chi connectivity index (χ1) is 19.0. The van der Waals surface area contributed by atoms with Crippen LogP contribution < -0.4 is 10.4 Å². The van der Waals surface area contributed by atoms with Gasteiger partial charge in [0.15, 0.2) is 5.69 Å². The fraction of sp³-hybridized carbons (Fsp3) is 0.433. The Bertz CT molecular complexity index is 1290. The molecule has 3 aromatic rings. The molecule has 1 heterocycles. The van der Waals surface area contributed by atoms with Crippen molar-refractivity contribution in [2.24, 2.45) is 0 Å². The van der Waals surface area contributed by atoms with E-state index in [-0.39, 0.29) is 43.3 Å². The van der Waals surface area contributed by atoms with E-state index in [0.29, 0.717) is 29.9 Å². The molecule has 0 aliphatic heterocycles. The summed E-state index contributed by atoms with van der Waals surface area (Å²) in [7, 11) is 0. The number of halogens is 1. The van der Waals surface area contributed by atoms with Crippen molar-refractivity contribution in [2.45, 2.75) is 78.0 Å². The highest BCUT2D eigenvalue weighted by Crippen LogP contribution is 2.28. The summed E-state index contributed by atoms with van der Waals surface area (Å²) in [6, 6.07) is 13.6. The van der Waals surface area contributed by atoms with Crippen LogP contribution in [-0.4, -0.2) is 50.6 Å². The topological polar surface area (TPSA) is 132 Å². The zero-order valence-electron chi connectivity index (χ0n) is 23.5. The lowest BCUT2D eigenvalue weighted by atomic mass is 9.95. The molecule has 0 saturated carbocycles. The average molecular weight is 555 g/mol. The van der Waals surface area contributed by atoms with E-state index in [0.717, 1.165) is 11.1 Å². The highest BCUT2D eigenvalue weighted by atomic mass is 19.1. The van der Waals surface area contributed by atoms with Crippen molar-refractivity contribution in [3.8, 4) is 5.69 Å². The third-order valence-corrected chi connectivity index (χ3v) is 6.73. The van der Waals surface area contributed by atoms with Crippen LogP contribution in [0.1, 0.15) is 78.8 Å². The van der Waals surface area contributed by atoms with E-state index in [1.165, 1.54) is 12.1 Å². The quantitative estimate of drug-likeness (QED) is 0.240. The number of quaternary nitrogens is 1. The van der Waals surface area contributed by atoms with Crippen LogP contribution in [0.3, 0.4) is 0 Å². The first-order valence-corrected chi connectivity index (χ1v) is 13.6. The second kappa shape index (κ2) is 14.3. The van der Waals surface area contributed by atoms with E-state index < -0.39 is 29.0 Å². The highest BCUT2D eigenvalue weighted by Gasteiger charge is 2.27. The molecule has 1 aromatic heterocycles. The first-order valence-electron chi connectivity index (χ1n) is 13.6. The molecule has 10 heteroatoms. The Balaban J connectivity index is 1.85. The Morgan fingerprint density at radius 3 is 2.45 bits per heavy atom. The number of hydrogen-bond donors (Lipinski definition) is 4. The van der Waals surface area contributed by atoms with Gasteiger partial charge in [-0.3, -0.25) is 4.79 Å². The van der Waals surface area contributed by atoms with E-state index in [4.69, 9.17) is 0 Å². The number of hydrogen-bond acceptors (Lipinski definition) is 6. The number of aliphatic hydroxyl groups is 2. The van der Waals surface area contributed by atoms with E-state index >= 15 is 0 Å². The maximum absolute atomic E-state index is 13.7. The van der Waals surface area contributed by atoms with Crippen LogP contribution in [0.5, 0.6) is 0 Å². The number of aliphatic hydroxyl groups excluding tert-OH is 2. The average Bonchev–Trinajstić information content (AvgIpc) is 3.30. The highest BCUT2D eigenvalue weighted by molar-refractivity contribution is 5.94. The second-order valence-electron chi connectivity index (χ2n) is 10.4. The lowest BCUT2D eigenvalue weighted by molar-refractivity contribution is -0.763. The molecule has 9 nitrogen and oxygen atoms in total. The molecule has 4 N–H and O–H groups in total. The number of hydroxylamine groups is 2. The number of nitrogens with zero attached hydrogens (tertiary/aromatic N) is 2. The summed E-state index contributed by atoms with van der Waals surface area (Å²) in [6.45, 7) is 7.85. The molecule has 0 fully saturated rings. The smallest absolute Gasteiger partial charge is 0.314 e. The maximum atomic E-state index is 13.7. The van der Waals surface area contributed by atoms with Gasteiger partial charge in [0.2, 0.25) is 0 Å². The third kappa shape index (κ3) is 8.28. The Morgan fingerprint density at radius 1 is 1.12 bits per heavy atom. The Hall–Kier alpha value is -3.44. The van der Waals surface area contributed by atoms with Gasteiger partial charge in [-0.15, -0.1) is 0 Å². The van der Waals surface area contributed by atoms with Crippen molar-refractivity contribution in [1.29, 1.82) is 0 Å². The lowest BCUT2D eigenvalue weighted by Crippen LogP contribution is -3.09. The van der Waals surface area contributed by atoms with Crippen LogP contribution in [0.2, 0.25) is 0 Å². The monoisotopic (exact) mass is 554 g/mol. The largest absolute Gasteiger partial charge is 0.627 e. The predicted molar refractivity (Wildman–Crippen MR) is 149 cm³/mol. The Morgan fingerprint density at radius 2 is 1.82 bits per heavy atom. The maximum Gasteiger partial charge on any atom is 0.314 e. The number of carbonyl (C=O) groups is 2. The summed E-state index contributed by atoms with van der Waals surface area (Å²) in [5.74, 6) is -1.50. The molecule has 0 spiro atoms. The third-order valence-electron chi connectivity index (χ3n) is 6.73. The lowest BCUT2D eigenvalue weighted by Gasteiger charge is -2.20. The van der Waals surface area contributed by atoms with Crippen molar-refractivity contribution in [1.82, 2.24) is 15.1 Å². The Labute approximate surface area is 234 Å². The number of rotatable bonds is 13. The van der Waals surface area contributed by atoms with Crippen LogP contribution in [0.15, 0.2) is 48.5 Å². The van der Waals surface area contributed by atoms with E-state index in [9.17, 15) is 29.4 Å². The van der Waals surface area contributed by atoms with Crippen molar-refractivity contribution in [3.63, 3.8) is 0 Å². The number of amides is 2. The molecule has 2 amide bonds. The van der Waals surface area contributed by atoms with Crippen LogP contribution >= 0.6 is 0 Å². The van der Waals surface area contributed by atoms with Gasteiger partial charge in [0.05, 0.1) is 30.9 Å². The minimum absolute atomic E-state index is 0.0698. The minimum atomic E-state index is -1.15. The van der Waals surface area contributed by atoms with Crippen LogP contribution in [-0.2, 0) is 17.8 Å². The zero-order valence-corrected chi connectivity index (χ0v) is 23.5. The van der Waals surface area contributed by atoms with Gasteiger partial charge < -0.3 is 25.8 Å². The van der Waals surface area contributed by atoms with Crippen LogP contribution in [0.25, 0.3) is 5.69 Å². The molecule has 0 aliphatic rings. The number of nitrogens with one attached hydrogen (secondary N) is 2. The molecule has 216 valence electrons. The van der Waals surface area contributed by atoms with Crippen LogP contribution in [0, 0.1) is 17.9 Å². The normalized spacial score (nSPS) is 13.7. The molecule has 0 radical (unpaired) electrons. The van der Waals surface area contributed by atoms with Gasteiger partial charge in [0, 0.05) is 17.8 Å². The van der Waals surface area contributed by atoms with Gasteiger partial charge >= 0.3 is 5.91 Å². The van der Waals surface area contributed by atoms with E-state index in [1.54, 1.807) is 23.7 Å².